The predicted octanol–water partition coefficient (Wildman–Crippen LogP) is 3.89. The minimum absolute atomic E-state index is 0.329. The van der Waals surface area contributed by atoms with Crippen molar-refractivity contribution >= 4 is 10.8 Å². The van der Waals surface area contributed by atoms with Gasteiger partial charge in [0.25, 0.3) is 0 Å². The quantitative estimate of drug-likeness (QED) is 0.824. The zero-order valence-electron chi connectivity index (χ0n) is 12.0. The molecule has 2 nitrogen and oxygen atoms in total. The standard InChI is InChI=1S/C8H18OS.C7H8O/c1-8(2)6-4-5-7-10(3)9;1-6-2-4-7(8)5-3-6/h8H,4-7H2,1-3H3;2-5,8H,1H3. The molecule has 1 rings (SSSR count). The van der Waals surface area contributed by atoms with Gasteiger partial charge in [0.15, 0.2) is 0 Å². The number of aryl methyl sites for hydroxylation is 1. The Hall–Kier alpha value is -0.830. The summed E-state index contributed by atoms with van der Waals surface area (Å²) in [7, 11) is -0.580. The third-order valence-electron chi connectivity index (χ3n) is 2.50. The van der Waals surface area contributed by atoms with E-state index in [1.807, 2.05) is 19.1 Å². The molecular formula is C15H26O2S. The van der Waals surface area contributed by atoms with E-state index in [9.17, 15) is 4.21 Å². The molecule has 104 valence electrons. The van der Waals surface area contributed by atoms with Crippen LogP contribution in [0.25, 0.3) is 0 Å². The van der Waals surface area contributed by atoms with Crippen molar-refractivity contribution in [3.8, 4) is 5.75 Å². The van der Waals surface area contributed by atoms with E-state index in [1.54, 1.807) is 18.4 Å². The van der Waals surface area contributed by atoms with Crippen molar-refractivity contribution in [2.45, 2.75) is 40.0 Å². The van der Waals surface area contributed by atoms with Crippen LogP contribution in [-0.4, -0.2) is 21.3 Å². The first-order valence-corrected chi connectivity index (χ1v) is 8.20. The number of benzene rings is 1. The van der Waals surface area contributed by atoms with Gasteiger partial charge in [0.2, 0.25) is 0 Å². The van der Waals surface area contributed by atoms with Crippen molar-refractivity contribution in [1.29, 1.82) is 0 Å². The molecule has 1 atom stereocenters. The lowest BCUT2D eigenvalue weighted by atomic mass is 10.1. The van der Waals surface area contributed by atoms with Gasteiger partial charge in [-0.2, -0.15) is 0 Å². The second-order valence-electron chi connectivity index (χ2n) is 5.00. The number of phenols is 1. The van der Waals surface area contributed by atoms with Crippen LogP contribution in [0.15, 0.2) is 24.3 Å². The third kappa shape index (κ3) is 11.6. The van der Waals surface area contributed by atoms with Crippen molar-refractivity contribution in [3.63, 3.8) is 0 Å². The van der Waals surface area contributed by atoms with Crippen molar-refractivity contribution in [2.24, 2.45) is 5.92 Å². The van der Waals surface area contributed by atoms with Gasteiger partial charge in [-0.15, -0.1) is 0 Å². The molecule has 0 heterocycles. The van der Waals surface area contributed by atoms with Gasteiger partial charge < -0.3 is 5.11 Å². The van der Waals surface area contributed by atoms with Gasteiger partial charge in [-0.3, -0.25) is 4.21 Å². The van der Waals surface area contributed by atoms with Gasteiger partial charge >= 0.3 is 0 Å². The summed E-state index contributed by atoms with van der Waals surface area (Å²) in [5.41, 5.74) is 1.17. The predicted molar refractivity (Wildman–Crippen MR) is 80.5 cm³/mol. The Kier molecular flexibility index (Phi) is 9.66. The lowest BCUT2D eigenvalue weighted by Gasteiger charge is -2.01. The van der Waals surface area contributed by atoms with Crippen LogP contribution >= 0.6 is 0 Å². The molecule has 3 heteroatoms. The molecule has 0 bridgehead atoms. The molecule has 1 unspecified atom stereocenters. The highest BCUT2D eigenvalue weighted by Gasteiger charge is 1.94. The maximum Gasteiger partial charge on any atom is 0.115 e. The van der Waals surface area contributed by atoms with Crippen molar-refractivity contribution in [3.05, 3.63) is 29.8 Å². The molecule has 0 aromatic heterocycles. The summed E-state index contributed by atoms with van der Waals surface area (Å²) in [4.78, 5) is 0. The summed E-state index contributed by atoms with van der Waals surface area (Å²) in [5, 5.41) is 8.76. The minimum Gasteiger partial charge on any atom is -0.508 e. The molecule has 1 aromatic rings. The van der Waals surface area contributed by atoms with Gasteiger partial charge in [-0.1, -0.05) is 44.4 Å². The highest BCUT2D eigenvalue weighted by Crippen LogP contribution is 2.07. The van der Waals surface area contributed by atoms with E-state index in [-0.39, 0.29) is 0 Å². The van der Waals surface area contributed by atoms with E-state index < -0.39 is 10.8 Å². The molecule has 0 aliphatic rings. The molecule has 0 saturated heterocycles. The minimum atomic E-state index is -0.580. The molecule has 0 spiro atoms. The van der Waals surface area contributed by atoms with Gasteiger partial charge in [0.1, 0.15) is 5.75 Å². The van der Waals surface area contributed by atoms with Crippen molar-refractivity contribution < 1.29 is 9.32 Å². The van der Waals surface area contributed by atoms with E-state index in [4.69, 9.17) is 5.11 Å². The average Bonchev–Trinajstić information content (AvgIpc) is 2.29. The van der Waals surface area contributed by atoms with E-state index in [1.165, 1.54) is 18.4 Å². The molecule has 1 N–H and O–H groups in total. The topological polar surface area (TPSA) is 37.3 Å². The Morgan fingerprint density at radius 1 is 1.17 bits per heavy atom. The smallest absolute Gasteiger partial charge is 0.115 e. The molecule has 0 radical (unpaired) electrons. The number of unbranched alkanes of at least 4 members (excludes halogenated alkanes) is 1. The van der Waals surface area contributed by atoms with E-state index in [0.29, 0.717) is 5.75 Å². The van der Waals surface area contributed by atoms with Crippen LogP contribution < -0.4 is 0 Å². The molecule has 0 saturated carbocycles. The highest BCUT2D eigenvalue weighted by molar-refractivity contribution is 7.84. The Bertz CT molecular complexity index is 310. The van der Waals surface area contributed by atoms with Crippen molar-refractivity contribution in [1.82, 2.24) is 0 Å². The van der Waals surface area contributed by atoms with Crippen LogP contribution in [0, 0.1) is 12.8 Å². The summed E-state index contributed by atoms with van der Waals surface area (Å²) in [5.74, 6) is 2.01. The first-order chi connectivity index (χ1) is 8.41. The Balaban J connectivity index is 0.000000327. The van der Waals surface area contributed by atoms with Crippen molar-refractivity contribution in [2.75, 3.05) is 12.0 Å². The summed E-state index contributed by atoms with van der Waals surface area (Å²) in [6.45, 7) is 6.44. The summed E-state index contributed by atoms with van der Waals surface area (Å²) in [6.07, 6.45) is 5.41. The van der Waals surface area contributed by atoms with Crippen LogP contribution in [0.4, 0.5) is 0 Å². The maximum absolute atomic E-state index is 10.6. The highest BCUT2D eigenvalue weighted by atomic mass is 32.2. The van der Waals surface area contributed by atoms with Gasteiger partial charge in [-0.05, 0) is 31.4 Å². The zero-order valence-corrected chi connectivity index (χ0v) is 12.8. The Morgan fingerprint density at radius 2 is 1.72 bits per heavy atom. The monoisotopic (exact) mass is 270 g/mol. The maximum atomic E-state index is 10.6. The first kappa shape index (κ1) is 17.2. The number of rotatable bonds is 5. The molecular weight excluding hydrogens is 244 g/mol. The van der Waals surface area contributed by atoms with Gasteiger partial charge in [-0.25, -0.2) is 0 Å². The lowest BCUT2D eigenvalue weighted by molar-refractivity contribution is 0.475. The summed E-state index contributed by atoms with van der Waals surface area (Å²) >= 11 is 0. The number of hydrogen-bond acceptors (Lipinski definition) is 2. The largest absolute Gasteiger partial charge is 0.508 e. The van der Waals surface area contributed by atoms with Gasteiger partial charge in [0.05, 0.1) is 0 Å². The van der Waals surface area contributed by atoms with Crippen LogP contribution in [0.3, 0.4) is 0 Å². The molecule has 1 aromatic carbocycles. The average molecular weight is 270 g/mol. The normalized spacial score (nSPS) is 11.8. The number of hydrogen-bond donors (Lipinski definition) is 1. The van der Waals surface area contributed by atoms with Gasteiger partial charge in [0, 0.05) is 22.8 Å². The van der Waals surface area contributed by atoms with E-state index in [2.05, 4.69) is 13.8 Å². The number of phenolic OH excluding ortho intramolecular Hbond substituents is 1. The molecule has 0 aliphatic carbocycles. The van der Waals surface area contributed by atoms with E-state index in [0.717, 1.165) is 18.1 Å². The molecule has 0 aliphatic heterocycles. The number of aromatic hydroxyl groups is 1. The Morgan fingerprint density at radius 3 is 2.11 bits per heavy atom. The second-order valence-corrected chi connectivity index (χ2v) is 6.56. The fourth-order valence-electron chi connectivity index (χ4n) is 1.40. The van der Waals surface area contributed by atoms with E-state index >= 15 is 0 Å². The second kappa shape index (κ2) is 10.1. The van der Waals surface area contributed by atoms with Crippen LogP contribution in [-0.2, 0) is 10.8 Å². The third-order valence-corrected chi connectivity index (χ3v) is 3.36. The fourth-order valence-corrected chi connectivity index (χ4v) is 2.01. The Labute approximate surface area is 114 Å². The molecule has 18 heavy (non-hydrogen) atoms. The van der Waals surface area contributed by atoms with Crippen LogP contribution in [0.1, 0.15) is 38.7 Å². The SMILES string of the molecule is CC(C)CCCCS(C)=O.Cc1ccc(O)cc1. The fraction of sp³-hybridized carbons (Fsp3) is 0.600. The first-order valence-electron chi connectivity index (χ1n) is 6.47. The molecule has 0 amide bonds. The van der Waals surface area contributed by atoms with Crippen LogP contribution in [0.2, 0.25) is 0 Å². The molecule has 0 fully saturated rings. The zero-order chi connectivity index (χ0) is 14.0. The summed E-state index contributed by atoms with van der Waals surface area (Å²) in [6, 6.07) is 7.09. The summed E-state index contributed by atoms with van der Waals surface area (Å²) < 4.78 is 10.6. The van der Waals surface area contributed by atoms with Crippen LogP contribution in [0.5, 0.6) is 5.75 Å². The lowest BCUT2D eigenvalue weighted by Crippen LogP contribution is -1.95.